The zero-order valence-electron chi connectivity index (χ0n) is 11.2. The molecular weight excluding hydrogens is 262 g/mol. The monoisotopic (exact) mass is 281 g/mol. The maximum Gasteiger partial charge on any atom is 0.316 e. The second kappa shape index (κ2) is 7.04. The molecule has 0 aromatic heterocycles. The second-order valence-electron chi connectivity index (χ2n) is 4.48. The summed E-state index contributed by atoms with van der Waals surface area (Å²) < 4.78 is 5.27. The third-order valence-corrected chi connectivity index (χ3v) is 3.22. The van der Waals surface area contributed by atoms with Gasteiger partial charge in [-0.1, -0.05) is 6.07 Å². The molecule has 0 aliphatic carbocycles. The van der Waals surface area contributed by atoms with Gasteiger partial charge in [0.25, 0.3) is 0 Å². The number of anilines is 2. The molecule has 0 atom stereocenters. The number of nitro groups is 1. The van der Waals surface area contributed by atoms with Crippen molar-refractivity contribution in [1.82, 2.24) is 4.90 Å². The fraction of sp³-hybridized carbons (Fsp3) is 0.500. The second-order valence-corrected chi connectivity index (χ2v) is 4.48. The number of morpholine rings is 1. The van der Waals surface area contributed by atoms with Gasteiger partial charge in [0.05, 0.1) is 18.1 Å². The Kier molecular flexibility index (Phi) is 5.10. The normalized spacial score (nSPS) is 15.8. The Hall–Kier alpha value is -1.90. The lowest BCUT2D eigenvalue weighted by Crippen LogP contribution is -2.39. The first-order chi connectivity index (χ1) is 9.72. The first-order valence-corrected chi connectivity index (χ1v) is 6.50. The Balaban J connectivity index is 1.96. The van der Waals surface area contributed by atoms with E-state index in [-0.39, 0.29) is 5.69 Å². The molecule has 0 spiro atoms. The van der Waals surface area contributed by atoms with Crippen LogP contribution >= 0.6 is 0 Å². The molecule has 8 nitrogen and oxygen atoms in total. The molecule has 0 radical (unpaired) electrons. The highest BCUT2D eigenvalue weighted by molar-refractivity contribution is 5.75. The summed E-state index contributed by atoms with van der Waals surface area (Å²) in [6, 6.07) is 4.98. The van der Waals surface area contributed by atoms with Crippen molar-refractivity contribution in [1.29, 1.82) is 0 Å². The van der Waals surface area contributed by atoms with E-state index >= 15 is 0 Å². The highest BCUT2D eigenvalue weighted by atomic mass is 16.6. The van der Waals surface area contributed by atoms with Crippen LogP contribution in [0.5, 0.6) is 0 Å². The molecule has 0 unspecified atom stereocenters. The predicted molar refractivity (Wildman–Crippen MR) is 76.7 cm³/mol. The number of benzene rings is 1. The number of nitro benzene ring substituents is 1. The van der Waals surface area contributed by atoms with Gasteiger partial charge < -0.3 is 15.5 Å². The number of ether oxygens (including phenoxy) is 1. The van der Waals surface area contributed by atoms with Gasteiger partial charge >= 0.3 is 5.69 Å². The number of hydrazine groups is 1. The highest BCUT2D eigenvalue weighted by Crippen LogP contribution is 2.31. The average molecular weight is 281 g/mol. The maximum absolute atomic E-state index is 11.1. The lowest BCUT2D eigenvalue weighted by atomic mass is 10.2. The molecular formula is C12H19N5O3. The van der Waals surface area contributed by atoms with Gasteiger partial charge in [0.1, 0.15) is 11.4 Å². The Labute approximate surface area is 117 Å². The van der Waals surface area contributed by atoms with Gasteiger partial charge in [-0.25, -0.2) is 0 Å². The van der Waals surface area contributed by atoms with Gasteiger partial charge in [-0.15, -0.1) is 0 Å². The van der Waals surface area contributed by atoms with Crippen molar-refractivity contribution < 1.29 is 9.66 Å². The van der Waals surface area contributed by atoms with Crippen LogP contribution in [0.3, 0.4) is 0 Å². The van der Waals surface area contributed by atoms with Crippen LogP contribution in [-0.2, 0) is 4.74 Å². The van der Waals surface area contributed by atoms with E-state index in [1.54, 1.807) is 18.2 Å². The third kappa shape index (κ3) is 3.56. The number of hydrogen-bond acceptors (Lipinski definition) is 7. The average Bonchev–Trinajstić information content (AvgIpc) is 2.47. The van der Waals surface area contributed by atoms with Crippen molar-refractivity contribution in [3.05, 3.63) is 28.3 Å². The predicted octanol–water partition coefficient (Wildman–Crippen LogP) is 0.625. The minimum absolute atomic E-state index is 0.0306. The van der Waals surface area contributed by atoms with Crippen LogP contribution < -0.4 is 16.6 Å². The lowest BCUT2D eigenvalue weighted by molar-refractivity contribution is -0.383. The van der Waals surface area contributed by atoms with E-state index in [2.05, 4.69) is 15.6 Å². The molecule has 1 aliphatic rings. The van der Waals surface area contributed by atoms with E-state index in [0.717, 1.165) is 32.8 Å². The number of rotatable bonds is 6. The zero-order chi connectivity index (χ0) is 14.4. The minimum atomic E-state index is -0.438. The molecule has 1 aliphatic heterocycles. The van der Waals surface area contributed by atoms with Gasteiger partial charge in [0.2, 0.25) is 0 Å². The summed E-state index contributed by atoms with van der Waals surface area (Å²) in [5, 5.41) is 14.2. The first-order valence-electron chi connectivity index (χ1n) is 6.50. The van der Waals surface area contributed by atoms with Crippen LogP contribution in [-0.4, -0.2) is 49.2 Å². The van der Waals surface area contributed by atoms with Crippen molar-refractivity contribution in [3.8, 4) is 0 Å². The third-order valence-electron chi connectivity index (χ3n) is 3.22. The summed E-state index contributed by atoms with van der Waals surface area (Å²) in [5.74, 6) is 5.30. The summed E-state index contributed by atoms with van der Waals surface area (Å²) in [5.41, 5.74) is 3.09. The fourth-order valence-corrected chi connectivity index (χ4v) is 2.17. The molecule has 110 valence electrons. The van der Waals surface area contributed by atoms with Crippen molar-refractivity contribution in [2.24, 2.45) is 5.84 Å². The van der Waals surface area contributed by atoms with E-state index in [1.165, 1.54) is 0 Å². The van der Waals surface area contributed by atoms with Crippen molar-refractivity contribution in [3.63, 3.8) is 0 Å². The lowest BCUT2D eigenvalue weighted by Gasteiger charge is -2.26. The van der Waals surface area contributed by atoms with Crippen LogP contribution in [0, 0.1) is 10.1 Å². The number of nitrogen functional groups attached to an aromatic ring is 1. The summed E-state index contributed by atoms with van der Waals surface area (Å²) >= 11 is 0. The number of hydrogen-bond donors (Lipinski definition) is 3. The van der Waals surface area contributed by atoms with Gasteiger partial charge in [0, 0.05) is 26.2 Å². The van der Waals surface area contributed by atoms with Gasteiger partial charge in [-0.3, -0.25) is 20.9 Å². The van der Waals surface area contributed by atoms with Gasteiger partial charge in [-0.05, 0) is 12.1 Å². The van der Waals surface area contributed by atoms with Crippen LogP contribution in [0.4, 0.5) is 17.1 Å². The molecule has 1 aromatic carbocycles. The van der Waals surface area contributed by atoms with Gasteiger partial charge in [0.15, 0.2) is 0 Å². The number of nitrogens with one attached hydrogen (secondary N) is 2. The minimum Gasteiger partial charge on any atom is -0.379 e. The largest absolute Gasteiger partial charge is 0.379 e. The molecule has 8 heteroatoms. The first kappa shape index (κ1) is 14.5. The quantitative estimate of drug-likeness (QED) is 0.399. The molecule has 0 amide bonds. The van der Waals surface area contributed by atoms with E-state index in [0.29, 0.717) is 17.9 Å². The van der Waals surface area contributed by atoms with Crippen molar-refractivity contribution in [2.75, 3.05) is 50.1 Å². The van der Waals surface area contributed by atoms with Gasteiger partial charge in [-0.2, -0.15) is 0 Å². The van der Waals surface area contributed by atoms with Crippen molar-refractivity contribution in [2.45, 2.75) is 0 Å². The van der Waals surface area contributed by atoms with Crippen LogP contribution in [0.25, 0.3) is 0 Å². The van der Waals surface area contributed by atoms with Crippen LogP contribution in [0.15, 0.2) is 18.2 Å². The standard InChI is InChI=1S/C12H19N5O3/c13-15-11-3-1-2-10(12(11)17(18)19)14-4-5-16-6-8-20-9-7-16/h1-3,14-15H,4-9,13H2. The Morgan fingerprint density at radius 2 is 2.05 bits per heavy atom. The van der Waals surface area contributed by atoms with E-state index < -0.39 is 4.92 Å². The summed E-state index contributed by atoms with van der Waals surface area (Å²) in [4.78, 5) is 12.9. The molecule has 20 heavy (non-hydrogen) atoms. The number of nitrogens with zero attached hydrogens (tertiary/aromatic N) is 2. The SMILES string of the molecule is NNc1cccc(NCCN2CCOCC2)c1[N+](=O)[O-]. The molecule has 1 fully saturated rings. The fourth-order valence-electron chi connectivity index (χ4n) is 2.17. The molecule has 1 heterocycles. The molecule has 2 rings (SSSR count). The molecule has 0 saturated carbocycles. The number of para-hydroxylation sites is 1. The topological polar surface area (TPSA) is 106 Å². The molecule has 1 aromatic rings. The summed E-state index contributed by atoms with van der Waals surface area (Å²) in [6.07, 6.45) is 0. The molecule has 4 N–H and O–H groups in total. The zero-order valence-corrected chi connectivity index (χ0v) is 11.2. The Bertz CT molecular complexity index is 462. The summed E-state index contributed by atoms with van der Waals surface area (Å²) in [7, 11) is 0. The van der Waals surface area contributed by atoms with Crippen LogP contribution in [0.1, 0.15) is 0 Å². The summed E-state index contributed by atoms with van der Waals surface area (Å²) in [6.45, 7) is 4.73. The van der Waals surface area contributed by atoms with Crippen molar-refractivity contribution >= 4 is 17.1 Å². The Morgan fingerprint density at radius 3 is 2.70 bits per heavy atom. The Morgan fingerprint density at radius 1 is 1.35 bits per heavy atom. The molecule has 1 saturated heterocycles. The highest BCUT2D eigenvalue weighted by Gasteiger charge is 2.19. The van der Waals surface area contributed by atoms with E-state index in [4.69, 9.17) is 10.6 Å². The molecule has 0 bridgehead atoms. The smallest absolute Gasteiger partial charge is 0.316 e. The number of nitrogens with two attached hydrogens (primary N) is 1. The van der Waals surface area contributed by atoms with E-state index in [1.807, 2.05) is 0 Å². The van der Waals surface area contributed by atoms with E-state index in [9.17, 15) is 10.1 Å². The maximum atomic E-state index is 11.1. The van der Waals surface area contributed by atoms with Crippen LogP contribution in [0.2, 0.25) is 0 Å².